The Morgan fingerprint density at radius 2 is 2.13 bits per heavy atom. The molecule has 6 nitrogen and oxygen atoms in total. The van der Waals surface area contributed by atoms with E-state index >= 15 is 0 Å². The van der Waals surface area contributed by atoms with Gasteiger partial charge in [0.05, 0.1) is 10.9 Å². The lowest BCUT2D eigenvalue weighted by atomic mass is 10.1. The Morgan fingerprint density at radius 1 is 1.39 bits per heavy atom. The van der Waals surface area contributed by atoms with E-state index in [4.69, 9.17) is 9.26 Å². The number of ether oxygens (including phenoxy) is 1. The Hall–Kier alpha value is -2.08. The molecule has 2 unspecified atom stereocenters. The maximum absolute atomic E-state index is 12.4. The van der Waals surface area contributed by atoms with Gasteiger partial charge in [-0.1, -0.05) is 12.1 Å². The molecule has 6 heteroatoms. The standard InChI is InChI=1S/C17H21N3O3/c1-17(2,19-15(21)14-11-7-18-8-12(11)14)9-22-16-10-5-3-4-6-13(10)23-20-16/h3-6,11-12,14,18H,7-9H2,1-2H3,(H,19,21). The van der Waals surface area contributed by atoms with Crippen LogP contribution in [0.3, 0.4) is 0 Å². The van der Waals surface area contributed by atoms with Crippen LogP contribution in [0.1, 0.15) is 13.8 Å². The van der Waals surface area contributed by atoms with Crippen molar-refractivity contribution in [1.29, 1.82) is 0 Å². The summed E-state index contributed by atoms with van der Waals surface area (Å²) < 4.78 is 11.0. The van der Waals surface area contributed by atoms with Crippen LogP contribution >= 0.6 is 0 Å². The molecule has 1 aromatic carbocycles. The average Bonchev–Trinajstić information content (AvgIpc) is 2.88. The number of amides is 1. The number of rotatable bonds is 5. The van der Waals surface area contributed by atoms with Gasteiger partial charge >= 0.3 is 0 Å². The highest BCUT2D eigenvalue weighted by Gasteiger charge is 2.57. The molecule has 23 heavy (non-hydrogen) atoms. The first-order valence-electron chi connectivity index (χ1n) is 8.05. The number of para-hydroxylation sites is 1. The molecule has 4 rings (SSSR count). The van der Waals surface area contributed by atoms with Gasteiger partial charge in [-0.25, -0.2) is 0 Å². The van der Waals surface area contributed by atoms with Gasteiger partial charge in [0, 0.05) is 5.92 Å². The van der Waals surface area contributed by atoms with Crippen LogP contribution in [0, 0.1) is 17.8 Å². The van der Waals surface area contributed by atoms with Crippen molar-refractivity contribution >= 4 is 16.9 Å². The second kappa shape index (κ2) is 5.23. The first kappa shape index (κ1) is 14.5. The van der Waals surface area contributed by atoms with Gasteiger partial charge in [-0.3, -0.25) is 4.79 Å². The van der Waals surface area contributed by atoms with Crippen molar-refractivity contribution in [2.75, 3.05) is 19.7 Å². The summed E-state index contributed by atoms with van der Waals surface area (Å²) in [7, 11) is 0. The molecular formula is C17H21N3O3. The monoisotopic (exact) mass is 315 g/mol. The van der Waals surface area contributed by atoms with Crippen LogP contribution < -0.4 is 15.4 Å². The second-order valence-electron chi connectivity index (χ2n) is 7.16. The van der Waals surface area contributed by atoms with E-state index < -0.39 is 5.54 Å². The quantitative estimate of drug-likeness (QED) is 0.876. The number of benzene rings is 1. The summed E-state index contributed by atoms with van der Waals surface area (Å²) in [4.78, 5) is 12.4. The summed E-state index contributed by atoms with van der Waals surface area (Å²) in [5.41, 5.74) is 0.240. The minimum absolute atomic E-state index is 0.139. The summed E-state index contributed by atoms with van der Waals surface area (Å²) in [6, 6.07) is 7.56. The zero-order valence-electron chi connectivity index (χ0n) is 13.3. The highest BCUT2D eigenvalue weighted by molar-refractivity contribution is 5.83. The lowest BCUT2D eigenvalue weighted by molar-refractivity contribution is -0.125. The molecule has 1 aliphatic carbocycles. The lowest BCUT2D eigenvalue weighted by Gasteiger charge is -2.26. The van der Waals surface area contributed by atoms with Crippen molar-refractivity contribution in [3.63, 3.8) is 0 Å². The number of nitrogens with zero attached hydrogens (tertiary/aromatic N) is 1. The van der Waals surface area contributed by atoms with Crippen molar-refractivity contribution in [2.45, 2.75) is 19.4 Å². The maximum atomic E-state index is 12.4. The number of aromatic nitrogens is 1. The smallest absolute Gasteiger partial charge is 0.262 e. The Bertz CT molecular complexity index is 730. The molecule has 1 amide bonds. The lowest BCUT2D eigenvalue weighted by Crippen LogP contribution is -2.49. The zero-order chi connectivity index (χ0) is 16.0. The third-order valence-electron chi connectivity index (χ3n) is 4.77. The number of hydrogen-bond acceptors (Lipinski definition) is 5. The minimum atomic E-state index is -0.457. The zero-order valence-corrected chi connectivity index (χ0v) is 13.3. The number of carbonyl (C=O) groups excluding carboxylic acids is 1. The fourth-order valence-electron chi connectivity index (χ4n) is 3.48. The summed E-state index contributed by atoms with van der Waals surface area (Å²) >= 11 is 0. The van der Waals surface area contributed by atoms with Crippen LogP contribution in [-0.2, 0) is 4.79 Å². The third kappa shape index (κ3) is 2.67. The second-order valence-corrected chi connectivity index (χ2v) is 7.16. The minimum Gasteiger partial charge on any atom is -0.473 e. The number of fused-ring (bicyclic) bond motifs is 2. The third-order valence-corrected chi connectivity index (χ3v) is 4.77. The Balaban J connectivity index is 1.36. The molecule has 2 N–H and O–H groups in total. The predicted octanol–water partition coefficient (Wildman–Crippen LogP) is 1.57. The van der Waals surface area contributed by atoms with Crippen LogP contribution in [0.25, 0.3) is 11.0 Å². The van der Waals surface area contributed by atoms with Crippen molar-refractivity contribution in [2.24, 2.45) is 17.8 Å². The van der Waals surface area contributed by atoms with E-state index in [1.165, 1.54) is 0 Å². The number of piperidine rings is 1. The first-order chi connectivity index (χ1) is 11.1. The van der Waals surface area contributed by atoms with E-state index in [1.54, 1.807) is 0 Å². The van der Waals surface area contributed by atoms with E-state index in [2.05, 4.69) is 15.8 Å². The van der Waals surface area contributed by atoms with E-state index in [-0.39, 0.29) is 11.8 Å². The predicted molar refractivity (Wildman–Crippen MR) is 85.1 cm³/mol. The molecule has 2 fully saturated rings. The number of nitrogens with one attached hydrogen (secondary N) is 2. The highest BCUT2D eigenvalue weighted by Crippen LogP contribution is 2.48. The van der Waals surface area contributed by atoms with E-state index in [0.29, 0.717) is 29.9 Å². The molecule has 2 aliphatic rings. The van der Waals surface area contributed by atoms with Gasteiger partial charge in [0.2, 0.25) is 5.91 Å². The van der Waals surface area contributed by atoms with Crippen LogP contribution in [-0.4, -0.2) is 36.3 Å². The normalized spacial score (nSPS) is 26.1. The molecule has 122 valence electrons. The van der Waals surface area contributed by atoms with Gasteiger partial charge in [-0.15, -0.1) is 0 Å². The summed E-state index contributed by atoms with van der Waals surface area (Å²) in [6.07, 6.45) is 0. The molecule has 2 aromatic rings. The summed E-state index contributed by atoms with van der Waals surface area (Å²) in [5.74, 6) is 1.82. The van der Waals surface area contributed by atoms with E-state index in [9.17, 15) is 4.79 Å². The van der Waals surface area contributed by atoms with Gasteiger partial charge in [-0.2, -0.15) is 0 Å². The molecular weight excluding hydrogens is 294 g/mol. The maximum Gasteiger partial charge on any atom is 0.262 e. The first-order valence-corrected chi connectivity index (χ1v) is 8.05. The average molecular weight is 315 g/mol. The fraction of sp³-hybridized carbons (Fsp3) is 0.529. The Kier molecular flexibility index (Phi) is 3.30. The van der Waals surface area contributed by atoms with E-state index in [0.717, 1.165) is 18.5 Å². The van der Waals surface area contributed by atoms with Gasteiger partial charge in [0.25, 0.3) is 5.88 Å². The van der Waals surface area contributed by atoms with Crippen LogP contribution in [0.15, 0.2) is 28.8 Å². The summed E-state index contributed by atoms with van der Waals surface area (Å²) in [5, 5.41) is 11.2. The highest BCUT2D eigenvalue weighted by atomic mass is 16.5. The van der Waals surface area contributed by atoms with Gasteiger partial charge < -0.3 is 19.9 Å². The topological polar surface area (TPSA) is 76.4 Å². The molecule has 1 aliphatic heterocycles. The van der Waals surface area contributed by atoms with Crippen molar-refractivity contribution in [1.82, 2.24) is 15.8 Å². The van der Waals surface area contributed by atoms with Crippen molar-refractivity contribution in [3.8, 4) is 5.88 Å². The van der Waals surface area contributed by atoms with Gasteiger partial charge in [-0.05, 0) is 56.1 Å². The number of carbonyl (C=O) groups is 1. The molecule has 2 heterocycles. The van der Waals surface area contributed by atoms with Gasteiger partial charge in [0.15, 0.2) is 5.58 Å². The molecule has 1 saturated heterocycles. The Morgan fingerprint density at radius 3 is 2.91 bits per heavy atom. The van der Waals surface area contributed by atoms with Crippen LogP contribution in [0.2, 0.25) is 0 Å². The molecule has 1 saturated carbocycles. The number of hydrogen-bond donors (Lipinski definition) is 2. The molecule has 0 spiro atoms. The largest absolute Gasteiger partial charge is 0.473 e. The van der Waals surface area contributed by atoms with E-state index in [1.807, 2.05) is 38.1 Å². The summed E-state index contributed by atoms with van der Waals surface area (Å²) in [6.45, 7) is 6.19. The molecule has 2 atom stereocenters. The Labute approximate surface area is 134 Å². The molecule has 0 bridgehead atoms. The SMILES string of the molecule is CC(C)(COc1noc2ccccc12)NC(=O)C1C2CNCC21. The molecule has 1 aromatic heterocycles. The van der Waals surface area contributed by atoms with Crippen molar-refractivity contribution < 1.29 is 14.1 Å². The fourth-order valence-corrected chi connectivity index (χ4v) is 3.48. The molecule has 0 radical (unpaired) electrons. The van der Waals surface area contributed by atoms with Crippen molar-refractivity contribution in [3.05, 3.63) is 24.3 Å². The van der Waals surface area contributed by atoms with Crippen LogP contribution in [0.4, 0.5) is 0 Å². The van der Waals surface area contributed by atoms with Crippen LogP contribution in [0.5, 0.6) is 5.88 Å². The van der Waals surface area contributed by atoms with Gasteiger partial charge in [0.1, 0.15) is 6.61 Å².